The molecule has 2 amide bonds. The minimum atomic E-state index is -3.56. The molecule has 0 aliphatic heterocycles. The van der Waals surface area contributed by atoms with E-state index in [0.29, 0.717) is 22.9 Å². The number of ether oxygens (including phenoxy) is 1. The molecular weight excluding hydrogens is 526 g/mol. The van der Waals surface area contributed by atoms with E-state index in [4.69, 9.17) is 16.3 Å². The first-order valence-corrected chi connectivity index (χ1v) is 15.3. The van der Waals surface area contributed by atoms with E-state index in [1.165, 1.54) is 10.7 Å². The average molecular weight is 564 g/mol. The van der Waals surface area contributed by atoms with E-state index in [0.717, 1.165) is 37.5 Å². The van der Waals surface area contributed by atoms with Crippen LogP contribution >= 0.6 is 11.6 Å². The smallest absolute Gasteiger partial charge is 0.242 e. The minimum absolute atomic E-state index is 0.0941. The van der Waals surface area contributed by atoms with Crippen molar-refractivity contribution in [2.24, 2.45) is 0 Å². The van der Waals surface area contributed by atoms with Crippen molar-refractivity contribution in [3.05, 3.63) is 59.1 Å². The largest absolute Gasteiger partial charge is 0.497 e. The number of carbonyl (C=O) groups excluding carboxylic acids is 2. The van der Waals surface area contributed by atoms with Crippen LogP contribution in [0.5, 0.6) is 5.75 Å². The van der Waals surface area contributed by atoms with Crippen LogP contribution in [0.25, 0.3) is 0 Å². The molecular formula is C28H38ClN3O5S. The van der Waals surface area contributed by atoms with Gasteiger partial charge in [0.1, 0.15) is 11.8 Å². The maximum Gasteiger partial charge on any atom is 0.242 e. The van der Waals surface area contributed by atoms with Crippen molar-refractivity contribution in [2.75, 3.05) is 24.2 Å². The summed E-state index contributed by atoms with van der Waals surface area (Å²) in [5, 5.41) is 3.63. The van der Waals surface area contributed by atoms with Crippen LogP contribution in [0.3, 0.4) is 0 Å². The van der Waals surface area contributed by atoms with Gasteiger partial charge >= 0.3 is 0 Å². The fourth-order valence-electron chi connectivity index (χ4n) is 4.69. The number of sulfonamides is 1. The molecule has 0 radical (unpaired) electrons. The Morgan fingerprint density at radius 2 is 1.68 bits per heavy atom. The molecule has 2 aromatic rings. The molecule has 0 heterocycles. The van der Waals surface area contributed by atoms with Crippen LogP contribution in [-0.2, 0) is 26.2 Å². The van der Waals surface area contributed by atoms with Gasteiger partial charge in [-0.1, -0.05) is 43.0 Å². The highest BCUT2D eigenvalue weighted by Crippen LogP contribution is 2.22. The predicted octanol–water partition coefficient (Wildman–Crippen LogP) is 4.76. The molecule has 1 unspecified atom stereocenters. The summed E-state index contributed by atoms with van der Waals surface area (Å²) in [5.41, 5.74) is 1.36. The number of benzene rings is 2. The lowest BCUT2D eigenvalue weighted by atomic mass is 9.95. The molecule has 0 saturated heterocycles. The highest BCUT2D eigenvalue weighted by molar-refractivity contribution is 7.92. The zero-order valence-electron chi connectivity index (χ0n) is 22.4. The normalized spacial score (nSPS) is 14.9. The maximum atomic E-state index is 13.5. The number of halogens is 1. The zero-order chi connectivity index (χ0) is 27.7. The minimum Gasteiger partial charge on any atom is -0.497 e. The Hall–Kier alpha value is -2.78. The quantitative estimate of drug-likeness (QED) is 0.401. The topological polar surface area (TPSA) is 96.0 Å². The van der Waals surface area contributed by atoms with Gasteiger partial charge in [-0.3, -0.25) is 13.9 Å². The maximum absolute atomic E-state index is 13.5. The van der Waals surface area contributed by atoms with Crippen LogP contribution in [0.2, 0.25) is 5.02 Å². The monoisotopic (exact) mass is 563 g/mol. The van der Waals surface area contributed by atoms with E-state index >= 15 is 0 Å². The van der Waals surface area contributed by atoms with Gasteiger partial charge in [-0.25, -0.2) is 8.42 Å². The van der Waals surface area contributed by atoms with Crippen molar-refractivity contribution in [3.63, 3.8) is 0 Å². The molecule has 1 aliphatic carbocycles. The van der Waals surface area contributed by atoms with E-state index in [1.54, 1.807) is 43.2 Å². The summed E-state index contributed by atoms with van der Waals surface area (Å²) < 4.78 is 31.4. The number of nitrogens with zero attached hydrogens (tertiary/aromatic N) is 2. The molecule has 1 saturated carbocycles. The summed E-state index contributed by atoms with van der Waals surface area (Å²) in [4.78, 5) is 28.2. The molecule has 0 bridgehead atoms. The molecule has 2 aromatic carbocycles. The molecule has 0 aromatic heterocycles. The van der Waals surface area contributed by atoms with Crippen molar-refractivity contribution in [1.82, 2.24) is 10.2 Å². The molecule has 8 nitrogen and oxygen atoms in total. The van der Waals surface area contributed by atoms with Crippen LogP contribution in [-0.4, -0.2) is 57.1 Å². The van der Waals surface area contributed by atoms with Crippen LogP contribution in [0.4, 0.5) is 5.69 Å². The molecule has 0 spiro atoms. The summed E-state index contributed by atoms with van der Waals surface area (Å²) in [5.74, 6) is 0.326. The average Bonchev–Trinajstić information content (AvgIpc) is 2.90. The fourth-order valence-corrected chi connectivity index (χ4v) is 5.78. The van der Waals surface area contributed by atoms with Gasteiger partial charge in [0.2, 0.25) is 21.8 Å². The van der Waals surface area contributed by atoms with Gasteiger partial charge < -0.3 is 15.0 Å². The molecule has 208 valence electrons. The molecule has 3 rings (SSSR count). The third kappa shape index (κ3) is 8.63. The molecule has 38 heavy (non-hydrogen) atoms. The zero-order valence-corrected chi connectivity index (χ0v) is 23.9. The second-order valence-corrected chi connectivity index (χ2v) is 12.1. The van der Waals surface area contributed by atoms with Crippen molar-refractivity contribution in [1.29, 1.82) is 0 Å². The van der Waals surface area contributed by atoms with Gasteiger partial charge in [0.25, 0.3) is 0 Å². The molecule has 1 fully saturated rings. The van der Waals surface area contributed by atoms with Gasteiger partial charge in [0, 0.05) is 30.6 Å². The van der Waals surface area contributed by atoms with Crippen LogP contribution in [0, 0.1) is 0 Å². The number of carbonyl (C=O) groups is 2. The van der Waals surface area contributed by atoms with Crippen LogP contribution in [0.1, 0.15) is 57.4 Å². The van der Waals surface area contributed by atoms with E-state index < -0.39 is 16.1 Å². The summed E-state index contributed by atoms with van der Waals surface area (Å²) in [6.45, 7) is 2.14. The summed E-state index contributed by atoms with van der Waals surface area (Å²) >= 11 is 5.95. The Bertz CT molecular complexity index is 1170. The van der Waals surface area contributed by atoms with Gasteiger partial charge in [-0.2, -0.15) is 0 Å². The van der Waals surface area contributed by atoms with E-state index in [1.807, 2.05) is 24.3 Å². The van der Waals surface area contributed by atoms with Gasteiger partial charge in [-0.05, 0) is 68.1 Å². The first kappa shape index (κ1) is 29.8. The predicted molar refractivity (Wildman–Crippen MR) is 151 cm³/mol. The van der Waals surface area contributed by atoms with Crippen molar-refractivity contribution < 1.29 is 22.7 Å². The van der Waals surface area contributed by atoms with E-state index in [2.05, 4.69) is 5.32 Å². The van der Waals surface area contributed by atoms with E-state index in [-0.39, 0.29) is 37.4 Å². The lowest BCUT2D eigenvalue weighted by Crippen LogP contribution is -2.50. The lowest BCUT2D eigenvalue weighted by molar-refractivity contribution is -0.141. The number of rotatable bonds is 12. The highest BCUT2D eigenvalue weighted by Gasteiger charge is 2.28. The highest BCUT2D eigenvalue weighted by atomic mass is 35.5. The summed E-state index contributed by atoms with van der Waals surface area (Å²) in [7, 11) is -1.97. The third-order valence-electron chi connectivity index (χ3n) is 6.90. The Kier molecular flexibility index (Phi) is 10.8. The molecule has 1 N–H and O–H groups in total. The Morgan fingerprint density at radius 1 is 1.05 bits per heavy atom. The SMILES string of the molecule is COc1ccc(CN(C(=O)CCCN(c2ccc(Cl)cc2)S(C)(=O)=O)C(C)C(=O)NC2CCCCC2)cc1. The van der Waals surface area contributed by atoms with Crippen LogP contribution < -0.4 is 14.4 Å². The molecule has 10 heteroatoms. The van der Waals surface area contributed by atoms with Crippen LogP contribution in [0.15, 0.2) is 48.5 Å². The Labute approximate surface area is 231 Å². The Morgan fingerprint density at radius 3 is 2.26 bits per heavy atom. The number of amides is 2. The second kappa shape index (κ2) is 13.8. The summed E-state index contributed by atoms with van der Waals surface area (Å²) in [6, 6.07) is 13.4. The molecule has 1 aliphatic rings. The number of hydrogen-bond acceptors (Lipinski definition) is 5. The number of nitrogens with one attached hydrogen (secondary N) is 1. The van der Waals surface area contributed by atoms with Crippen molar-refractivity contribution in [2.45, 2.75) is 70.5 Å². The number of anilines is 1. The first-order valence-electron chi connectivity index (χ1n) is 13.0. The Balaban J connectivity index is 1.71. The number of methoxy groups -OCH3 is 1. The van der Waals surface area contributed by atoms with Crippen molar-refractivity contribution >= 4 is 39.1 Å². The molecule has 1 atom stereocenters. The van der Waals surface area contributed by atoms with Crippen molar-refractivity contribution in [3.8, 4) is 5.75 Å². The van der Waals surface area contributed by atoms with E-state index in [9.17, 15) is 18.0 Å². The third-order valence-corrected chi connectivity index (χ3v) is 8.34. The summed E-state index contributed by atoms with van der Waals surface area (Å²) in [6.07, 6.45) is 6.81. The fraction of sp³-hybridized carbons (Fsp3) is 0.500. The van der Waals surface area contributed by atoms with Gasteiger partial charge in [-0.15, -0.1) is 0 Å². The first-order chi connectivity index (χ1) is 18.1. The second-order valence-electron chi connectivity index (χ2n) is 9.80. The van der Waals surface area contributed by atoms with Gasteiger partial charge in [0.15, 0.2) is 0 Å². The number of hydrogen-bond donors (Lipinski definition) is 1. The lowest BCUT2D eigenvalue weighted by Gasteiger charge is -2.31. The van der Waals surface area contributed by atoms with Gasteiger partial charge in [0.05, 0.1) is 19.1 Å². The standard InChI is InChI=1S/C28H38ClN3O5S/c1-21(28(34)30-24-8-5-4-6-9-24)31(20-22-11-17-26(37-2)18-12-22)27(33)10-7-19-32(38(3,35)36)25-15-13-23(29)14-16-25/h11-18,21,24H,4-10,19-20H2,1-3H3,(H,30,34).